The first-order valence-electron chi connectivity index (χ1n) is 9.51. The Balaban J connectivity index is 1.33. The van der Waals surface area contributed by atoms with E-state index in [1.807, 2.05) is 4.90 Å². The molecule has 0 spiro atoms. The topological polar surface area (TPSA) is 101 Å². The summed E-state index contributed by atoms with van der Waals surface area (Å²) in [6.07, 6.45) is 5.17. The Bertz CT molecular complexity index is 811. The van der Waals surface area contributed by atoms with Crippen LogP contribution in [-0.4, -0.2) is 72.1 Å². The molecule has 9 heteroatoms. The maximum atomic E-state index is 12.4. The summed E-state index contributed by atoms with van der Waals surface area (Å²) in [5.74, 6) is 0.489. The lowest BCUT2D eigenvalue weighted by molar-refractivity contribution is 0.0714. The van der Waals surface area contributed by atoms with E-state index in [9.17, 15) is 9.59 Å². The van der Waals surface area contributed by atoms with Gasteiger partial charge in [0.1, 0.15) is 5.69 Å². The Morgan fingerprint density at radius 1 is 1.21 bits per heavy atom. The molecule has 2 aromatic heterocycles. The summed E-state index contributed by atoms with van der Waals surface area (Å²) in [5.41, 5.74) is 0.331. The van der Waals surface area contributed by atoms with Gasteiger partial charge in [-0.1, -0.05) is 0 Å². The minimum atomic E-state index is -0.231. The summed E-state index contributed by atoms with van der Waals surface area (Å²) in [5, 5.41) is 2.87. The summed E-state index contributed by atoms with van der Waals surface area (Å²) < 4.78 is 10.7. The lowest BCUT2D eigenvalue weighted by Crippen LogP contribution is -2.49. The molecular weight excluding hydrogens is 362 g/mol. The number of carbonyl (C=O) groups excluding carboxylic acids is 2. The fourth-order valence-corrected chi connectivity index (χ4v) is 3.40. The number of furan rings is 1. The van der Waals surface area contributed by atoms with Crippen molar-refractivity contribution >= 4 is 17.8 Å². The van der Waals surface area contributed by atoms with Crippen LogP contribution in [0.1, 0.15) is 33.9 Å². The number of anilines is 1. The van der Waals surface area contributed by atoms with Crippen LogP contribution >= 0.6 is 0 Å². The maximum absolute atomic E-state index is 12.4. The SMILES string of the molecule is O=C(NCC1CCCO1)c1ccnc(N2CCN(C(=O)c3ccco3)CC2)n1. The predicted octanol–water partition coefficient (Wildman–Crippen LogP) is 0.941. The fraction of sp³-hybridized carbons (Fsp3) is 0.474. The highest BCUT2D eigenvalue weighted by Gasteiger charge is 2.25. The van der Waals surface area contributed by atoms with Crippen molar-refractivity contribution < 1.29 is 18.7 Å². The van der Waals surface area contributed by atoms with Gasteiger partial charge in [-0.25, -0.2) is 9.97 Å². The molecule has 0 saturated carbocycles. The first-order chi connectivity index (χ1) is 13.7. The molecule has 9 nitrogen and oxygen atoms in total. The van der Waals surface area contributed by atoms with Gasteiger partial charge in [-0.2, -0.15) is 0 Å². The van der Waals surface area contributed by atoms with Gasteiger partial charge in [-0.05, 0) is 31.0 Å². The molecular formula is C19H23N5O4. The molecule has 0 aromatic carbocycles. The number of nitrogens with zero attached hydrogens (tertiary/aromatic N) is 4. The second-order valence-electron chi connectivity index (χ2n) is 6.84. The third kappa shape index (κ3) is 4.14. The molecule has 2 saturated heterocycles. The van der Waals surface area contributed by atoms with Crippen LogP contribution in [0.2, 0.25) is 0 Å². The van der Waals surface area contributed by atoms with E-state index in [2.05, 4.69) is 15.3 Å². The average Bonchev–Trinajstić information content (AvgIpc) is 3.46. The number of ether oxygens (including phenoxy) is 1. The maximum Gasteiger partial charge on any atom is 0.289 e. The second kappa shape index (κ2) is 8.39. The van der Waals surface area contributed by atoms with E-state index in [-0.39, 0.29) is 17.9 Å². The van der Waals surface area contributed by atoms with Crippen molar-refractivity contribution in [2.45, 2.75) is 18.9 Å². The first-order valence-corrected chi connectivity index (χ1v) is 9.51. The van der Waals surface area contributed by atoms with Gasteiger partial charge in [-0.15, -0.1) is 0 Å². The van der Waals surface area contributed by atoms with E-state index in [1.165, 1.54) is 6.26 Å². The van der Waals surface area contributed by atoms with Crippen LogP contribution in [0.15, 0.2) is 35.1 Å². The molecule has 1 N–H and O–H groups in total. The number of hydrogen-bond donors (Lipinski definition) is 1. The molecule has 2 aromatic rings. The molecule has 2 fully saturated rings. The van der Waals surface area contributed by atoms with Crippen LogP contribution in [0.4, 0.5) is 5.95 Å². The highest BCUT2D eigenvalue weighted by molar-refractivity contribution is 5.92. The van der Waals surface area contributed by atoms with Crippen LogP contribution in [0.25, 0.3) is 0 Å². The van der Waals surface area contributed by atoms with E-state index in [0.29, 0.717) is 50.1 Å². The zero-order valence-corrected chi connectivity index (χ0v) is 15.5. The molecule has 148 valence electrons. The van der Waals surface area contributed by atoms with Crippen molar-refractivity contribution in [3.05, 3.63) is 42.1 Å². The fourth-order valence-electron chi connectivity index (χ4n) is 3.40. The van der Waals surface area contributed by atoms with Crippen molar-refractivity contribution in [2.75, 3.05) is 44.2 Å². The standard InChI is InChI=1S/C19H23N5O4/c25-17(21-13-14-3-1-11-27-14)15-5-6-20-19(22-15)24-9-7-23(8-10-24)18(26)16-4-2-12-28-16/h2,4-6,12,14H,1,3,7-11,13H2,(H,21,25). The van der Waals surface area contributed by atoms with Crippen molar-refractivity contribution in [3.8, 4) is 0 Å². The van der Waals surface area contributed by atoms with Crippen molar-refractivity contribution in [3.63, 3.8) is 0 Å². The predicted molar refractivity (Wildman–Crippen MR) is 100 cm³/mol. The zero-order valence-electron chi connectivity index (χ0n) is 15.5. The molecule has 28 heavy (non-hydrogen) atoms. The van der Waals surface area contributed by atoms with E-state index in [0.717, 1.165) is 19.4 Å². The second-order valence-corrected chi connectivity index (χ2v) is 6.84. The summed E-state index contributed by atoms with van der Waals surface area (Å²) >= 11 is 0. The van der Waals surface area contributed by atoms with E-state index >= 15 is 0 Å². The number of amides is 2. The molecule has 2 aliphatic heterocycles. The number of hydrogen-bond acceptors (Lipinski definition) is 7. The van der Waals surface area contributed by atoms with E-state index in [4.69, 9.17) is 9.15 Å². The van der Waals surface area contributed by atoms with Crippen molar-refractivity contribution in [1.82, 2.24) is 20.2 Å². The van der Waals surface area contributed by atoms with Crippen LogP contribution < -0.4 is 10.2 Å². The quantitative estimate of drug-likeness (QED) is 0.817. The molecule has 4 rings (SSSR count). The van der Waals surface area contributed by atoms with Gasteiger partial charge in [0.2, 0.25) is 5.95 Å². The summed E-state index contributed by atoms with van der Waals surface area (Å²) in [6, 6.07) is 4.97. The Morgan fingerprint density at radius 3 is 2.79 bits per heavy atom. The molecule has 0 aliphatic carbocycles. The lowest BCUT2D eigenvalue weighted by Gasteiger charge is -2.34. The van der Waals surface area contributed by atoms with Gasteiger partial charge >= 0.3 is 0 Å². The van der Waals surface area contributed by atoms with Crippen molar-refractivity contribution in [1.29, 1.82) is 0 Å². The smallest absolute Gasteiger partial charge is 0.289 e. The van der Waals surface area contributed by atoms with Crippen LogP contribution in [0, 0.1) is 0 Å². The molecule has 1 unspecified atom stereocenters. The van der Waals surface area contributed by atoms with Crippen molar-refractivity contribution in [2.24, 2.45) is 0 Å². The third-order valence-electron chi connectivity index (χ3n) is 4.97. The van der Waals surface area contributed by atoms with Crippen LogP contribution in [0.5, 0.6) is 0 Å². The number of rotatable bonds is 5. The van der Waals surface area contributed by atoms with Gasteiger partial charge in [0.15, 0.2) is 5.76 Å². The normalized spacial score (nSPS) is 19.6. The highest BCUT2D eigenvalue weighted by atomic mass is 16.5. The molecule has 4 heterocycles. The minimum Gasteiger partial charge on any atom is -0.459 e. The Morgan fingerprint density at radius 2 is 2.07 bits per heavy atom. The number of carbonyl (C=O) groups is 2. The summed E-state index contributed by atoms with van der Waals surface area (Å²) in [6.45, 7) is 3.51. The number of piperazine rings is 1. The van der Waals surface area contributed by atoms with Gasteiger partial charge in [0.05, 0.1) is 12.4 Å². The zero-order chi connectivity index (χ0) is 19.3. The number of nitrogens with one attached hydrogen (secondary N) is 1. The summed E-state index contributed by atoms with van der Waals surface area (Å²) in [7, 11) is 0. The highest BCUT2D eigenvalue weighted by Crippen LogP contribution is 2.14. The molecule has 2 amide bonds. The van der Waals surface area contributed by atoms with Crippen LogP contribution in [-0.2, 0) is 4.74 Å². The van der Waals surface area contributed by atoms with Gasteiger partial charge in [0.25, 0.3) is 11.8 Å². The lowest BCUT2D eigenvalue weighted by atomic mass is 10.2. The Hall–Kier alpha value is -2.94. The van der Waals surface area contributed by atoms with E-state index in [1.54, 1.807) is 29.3 Å². The average molecular weight is 385 g/mol. The largest absolute Gasteiger partial charge is 0.459 e. The first kappa shape index (κ1) is 18.4. The molecule has 2 aliphatic rings. The Kier molecular flexibility index (Phi) is 5.52. The minimum absolute atomic E-state index is 0.0880. The summed E-state index contributed by atoms with van der Waals surface area (Å²) in [4.78, 5) is 37.1. The molecule has 0 radical (unpaired) electrons. The third-order valence-corrected chi connectivity index (χ3v) is 4.97. The Labute approximate surface area is 162 Å². The van der Waals surface area contributed by atoms with Gasteiger partial charge in [0, 0.05) is 45.5 Å². The van der Waals surface area contributed by atoms with Gasteiger partial charge < -0.3 is 24.3 Å². The number of aromatic nitrogens is 2. The molecule has 1 atom stereocenters. The van der Waals surface area contributed by atoms with E-state index < -0.39 is 0 Å². The molecule has 0 bridgehead atoms. The monoisotopic (exact) mass is 385 g/mol. The van der Waals surface area contributed by atoms with Crippen LogP contribution in [0.3, 0.4) is 0 Å². The van der Waals surface area contributed by atoms with Gasteiger partial charge in [-0.3, -0.25) is 9.59 Å².